The number of amides is 1. The maximum Gasteiger partial charge on any atom is 0.274 e. The summed E-state index contributed by atoms with van der Waals surface area (Å²) in [4.78, 5) is 19.3. The highest BCUT2D eigenvalue weighted by Crippen LogP contribution is 2.25. The summed E-state index contributed by atoms with van der Waals surface area (Å²) >= 11 is 0. The minimum absolute atomic E-state index is 0.0464. The van der Waals surface area contributed by atoms with Crippen molar-refractivity contribution in [3.05, 3.63) is 47.0 Å². The van der Waals surface area contributed by atoms with Gasteiger partial charge in [-0.3, -0.25) is 14.9 Å². The molecule has 1 aliphatic heterocycles. The van der Waals surface area contributed by atoms with E-state index in [-0.39, 0.29) is 5.91 Å². The van der Waals surface area contributed by atoms with Crippen molar-refractivity contribution in [3.63, 3.8) is 0 Å². The molecule has 126 valence electrons. The van der Waals surface area contributed by atoms with Gasteiger partial charge in [0.05, 0.1) is 0 Å². The molecule has 24 heavy (non-hydrogen) atoms. The second-order valence-electron chi connectivity index (χ2n) is 6.79. The Hall–Kier alpha value is -2.21. The summed E-state index contributed by atoms with van der Waals surface area (Å²) in [5, 5.41) is 10.8. The van der Waals surface area contributed by atoms with Crippen molar-refractivity contribution < 1.29 is 4.79 Å². The molecule has 0 unspecified atom stereocenters. The zero-order valence-electron chi connectivity index (χ0n) is 13.8. The van der Waals surface area contributed by atoms with E-state index in [1.54, 1.807) is 6.20 Å². The molecule has 2 N–H and O–H groups in total. The molecule has 1 atom stereocenters. The topological polar surface area (TPSA) is 73.9 Å². The highest BCUT2D eigenvalue weighted by molar-refractivity contribution is 5.94. The molecule has 6 heteroatoms. The van der Waals surface area contributed by atoms with Crippen LogP contribution in [0.3, 0.4) is 0 Å². The molecule has 0 spiro atoms. The number of aromatic nitrogens is 3. The Labute approximate surface area is 141 Å². The summed E-state index contributed by atoms with van der Waals surface area (Å²) in [5.41, 5.74) is 3.95. The molecule has 2 aliphatic rings. The van der Waals surface area contributed by atoms with Crippen LogP contribution in [0.4, 0.5) is 0 Å². The van der Waals surface area contributed by atoms with Crippen LogP contribution in [0.25, 0.3) is 0 Å². The van der Waals surface area contributed by atoms with Crippen LogP contribution >= 0.6 is 0 Å². The first-order valence-corrected chi connectivity index (χ1v) is 8.76. The molecule has 0 radical (unpaired) electrons. The van der Waals surface area contributed by atoms with Gasteiger partial charge >= 0.3 is 0 Å². The zero-order valence-corrected chi connectivity index (χ0v) is 13.8. The fraction of sp³-hybridized carbons (Fsp3) is 0.500. The SMILES string of the molecule is O=C(c1n[nH]c2c1CCC2)N(Cc1cccnc1)C[C@@H]1CCNC1. The van der Waals surface area contributed by atoms with Crippen LogP contribution in [0.5, 0.6) is 0 Å². The molecule has 3 heterocycles. The molecule has 0 saturated carbocycles. The van der Waals surface area contributed by atoms with E-state index in [0.29, 0.717) is 18.2 Å². The van der Waals surface area contributed by atoms with Gasteiger partial charge in [0.1, 0.15) is 0 Å². The van der Waals surface area contributed by atoms with Gasteiger partial charge in [-0.15, -0.1) is 0 Å². The van der Waals surface area contributed by atoms with Gasteiger partial charge in [0, 0.05) is 36.7 Å². The van der Waals surface area contributed by atoms with Crippen molar-refractivity contribution in [2.45, 2.75) is 32.2 Å². The molecule has 2 aromatic rings. The van der Waals surface area contributed by atoms with Crippen LogP contribution in [0, 0.1) is 5.92 Å². The summed E-state index contributed by atoms with van der Waals surface area (Å²) in [7, 11) is 0. The van der Waals surface area contributed by atoms with Crippen LogP contribution in [0.2, 0.25) is 0 Å². The molecule has 6 nitrogen and oxygen atoms in total. The first-order valence-electron chi connectivity index (χ1n) is 8.76. The highest BCUT2D eigenvalue weighted by atomic mass is 16.2. The third-order valence-corrected chi connectivity index (χ3v) is 5.03. The lowest BCUT2D eigenvalue weighted by atomic mass is 10.1. The molecular weight excluding hydrogens is 302 g/mol. The van der Waals surface area contributed by atoms with Crippen LogP contribution in [0.15, 0.2) is 24.5 Å². The second-order valence-corrected chi connectivity index (χ2v) is 6.79. The Kier molecular flexibility index (Phi) is 4.30. The summed E-state index contributed by atoms with van der Waals surface area (Å²) in [6.07, 6.45) is 7.79. The van der Waals surface area contributed by atoms with E-state index < -0.39 is 0 Å². The molecule has 1 aliphatic carbocycles. The monoisotopic (exact) mass is 325 g/mol. The number of H-pyrrole nitrogens is 1. The third-order valence-electron chi connectivity index (χ3n) is 5.03. The first kappa shape index (κ1) is 15.3. The van der Waals surface area contributed by atoms with Gasteiger partial charge in [0.25, 0.3) is 5.91 Å². The standard InChI is InChI=1S/C18H23N5O/c24-18(17-15-4-1-5-16(15)21-22-17)23(12-14-6-8-20-10-14)11-13-3-2-7-19-9-13/h2-3,7,9,14,20H,1,4-6,8,10-12H2,(H,21,22)/t14-/m1/s1. The third kappa shape index (κ3) is 3.06. The molecule has 0 bridgehead atoms. The molecular formula is C18H23N5O. The number of rotatable bonds is 5. The van der Waals surface area contributed by atoms with Gasteiger partial charge in [0.15, 0.2) is 5.69 Å². The number of hydrogen-bond acceptors (Lipinski definition) is 4. The summed E-state index contributed by atoms with van der Waals surface area (Å²) in [5.74, 6) is 0.558. The number of pyridine rings is 1. The van der Waals surface area contributed by atoms with Crippen molar-refractivity contribution in [1.29, 1.82) is 0 Å². The molecule has 1 saturated heterocycles. The molecule has 1 fully saturated rings. The number of nitrogens with zero attached hydrogens (tertiary/aromatic N) is 3. The van der Waals surface area contributed by atoms with Gasteiger partial charge in [-0.25, -0.2) is 0 Å². The number of nitrogens with one attached hydrogen (secondary N) is 2. The number of carbonyl (C=O) groups excluding carboxylic acids is 1. The summed E-state index contributed by atoms with van der Waals surface area (Å²) in [6, 6.07) is 3.94. The number of carbonyl (C=O) groups is 1. The summed E-state index contributed by atoms with van der Waals surface area (Å²) < 4.78 is 0. The maximum atomic E-state index is 13.2. The predicted octanol–water partition coefficient (Wildman–Crippen LogP) is 1.55. The Morgan fingerprint density at radius 1 is 1.38 bits per heavy atom. The zero-order chi connectivity index (χ0) is 16.4. The molecule has 2 aromatic heterocycles. The van der Waals surface area contributed by atoms with Crippen molar-refractivity contribution in [3.8, 4) is 0 Å². The normalized spacial score (nSPS) is 19.4. The smallest absolute Gasteiger partial charge is 0.274 e. The minimum atomic E-state index is 0.0464. The van der Waals surface area contributed by atoms with Crippen LogP contribution in [0.1, 0.15) is 40.2 Å². The number of fused-ring (bicyclic) bond motifs is 1. The largest absolute Gasteiger partial charge is 0.333 e. The fourth-order valence-electron chi connectivity index (χ4n) is 3.76. The van der Waals surface area contributed by atoms with Crippen LogP contribution in [-0.4, -0.2) is 45.6 Å². The fourth-order valence-corrected chi connectivity index (χ4v) is 3.76. The minimum Gasteiger partial charge on any atom is -0.333 e. The van der Waals surface area contributed by atoms with E-state index in [0.717, 1.165) is 62.1 Å². The second kappa shape index (κ2) is 6.73. The van der Waals surface area contributed by atoms with Gasteiger partial charge in [-0.05, 0) is 56.3 Å². The maximum absolute atomic E-state index is 13.2. The van der Waals surface area contributed by atoms with E-state index in [9.17, 15) is 4.79 Å². The van der Waals surface area contributed by atoms with Crippen LogP contribution in [-0.2, 0) is 19.4 Å². The van der Waals surface area contributed by atoms with Gasteiger partial charge < -0.3 is 10.2 Å². The highest BCUT2D eigenvalue weighted by Gasteiger charge is 2.28. The predicted molar refractivity (Wildman–Crippen MR) is 90.6 cm³/mol. The van der Waals surface area contributed by atoms with Crippen molar-refractivity contribution in [1.82, 2.24) is 25.4 Å². The average Bonchev–Trinajstić information content (AvgIpc) is 3.32. The Morgan fingerprint density at radius 3 is 3.12 bits per heavy atom. The van der Waals surface area contributed by atoms with E-state index in [1.165, 1.54) is 0 Å². The van der Waals surface area contributed by atoms with E-state index in [2.05, 4.69) is 20.5 Å². The van der Waals surface area contributed by atoms with Gasteiger partial charge in [-0.1, -0.05) is 6.07 Å². The Bertz CT molecular complexity index is 705. The van der Waals surface area contributed by atoms with Crippen molar-refractivity contribution in [2.24, 2.45) is 5.92 Å². The Morgan fingerprint density at radius 2 is 2.33 bits per heavy atom. The quantitative estimate of drug-likeness (QED) is 0.875. The van der Waals surface area contributed by atoms with Gasteiger partial charge in [0.2, 0.25) is 0 Å². The molecule has 1 amide bonds. The number of aromatic amines is 1. The lowest BCUT2D eigenvalue weighted by Gasteiger charge is -2.25. The average molecular weight is 325 g/mol. The molecule has 4 rings (SSSR count). The van der Waals surface area contributed by atoms with E-state index >= 15 is 0 Å². The Balaban J connectivity index is 1.57. The summed E-state index contributed by atoms with van der Waals surface area (Å²) in [6.45, 7) is 3.38. The van der Waals surface area contributed by atoms with Crippen LogP contribution < -0.4 is 5.32 Å². The van der Waals surface area contributed by atoms with E-state index in [1.807, 2.05) is 23.2 Å². The van der Waals surface area contributed by atoms with Gasteiger partial charge in [-0.2, -0.15) is 5.10 Å². The lowest BCUT2D eigenvalue weighted by Crippen LogP contribution is -2.36. The van der Waals surface area contributed by atoms with Crippen molar-refractivity contribution in [2.75, 3.05) is 19.6 Å². The van der Waals surface area contributed by atoms with E-state index in [4.69, 9.17) is 0 Å². The van der Waals surface area contributed by atoms with Crippen molar-refractivity contribution >= 4 is 5.91 Å². The lowest BCUT2D eigenvalue weighted by molar-refractivity contribution is 0.0711. The number of aryl methyl sites for hydroxylation is 1. The number of hydrogen-bond donors (Lipinski definition) is 2. The molecule has 0 aromatic carbocycles. The first-order chi connectivity index (χ1) is 11.8.